The van der Waals surface area contributed by atoms with Crippen molar-refractivity contribution in [3.8, 4) is 0 Å². The lowest BCUT2D eigenvalue weighted by atomic mass is 10.0. The number of aromatic nitrogens is 2. The van der Waals surface area contributed by atoms with Crippen molar-refractivity contribution >= 4 is 32.5 Å². The molecule has 1 saturated heterocycles. The van der Waals surface area contributed by atoms with Crippen LogP contribution in [-0.2, 0) is 23.6 Å². The third-order valence-electron chi connectivity index (χ3n) is 6.43. The van der Waals surface area contributed by atoms with E-state index in [0.717, 1.165) is 29.2 Å². The fourth-order valence-electron chi connectivity index (χ4n) is 4.19. The van der Waals surface area contributed by atoms with E-state index in [2.05, 4.69) is 17.2 Å². The highest BCUT2D eigenvalue weighted by atomic mass is 32.2. The molecule has 9 heteroatoms. The Hall–Kier alpha value is -2.91. The van der Waals surface area contributed by atoms with Crippen LogP contribution in [0.2, 0.25) is 0 Å². The Bertz CT molecular complexity index is 1270. The summed E-state index contributed by atoms with van der Waals surface area (Å²) in [6, 6.07) is 9.11. The number of hydrogen-bond acceptors (Lipinski definition) is 5. The molecule has 0 unspecified atom stereocenters. The lowest BCUT2D eigenvalue weighted by Crippen LogP contribution is -2.38. The first-order chi connectivity index (χ1) is 15.2. The average Bonchev–Trinajstić information content (AvgIpc) is 3.09. The number of carbonyl (C=O) groups excluding carboxylic acids is 1. The summed E-state index contributed by atoms with van der Waals surface area (Å²) in [6.07, 6.45) is 3.35. The van der Waals surface area contributed by atoms with Gasteiger partial charge in [-0.2, -0.15) is 4.31 Å². The number of pyridine rings is 1. The molecule has 3 N–H and O–H groups in total. The Balaban J connectivity index is 1.56. The lowest BCUT2D eigenvalue weighted by molar-refractivity contribution is 0.0942. The predicted molar refractivity (Wildman–Crippen MR) is 125 cm³/mol. The topological polar surface area (TPSA) is 110 Å². The van der Waals surface area contributed by atoms with Crippen molar-refractivity contribution in [1.82, 2.24) is 19.2 Å². The second-order valence-corrected chi connectivity index (χ2v) is 10.4. The van der Waals surface area contributed by atoms with Gasteiger partial charge in [0.1, 0.15) is 16.4 Å². The number of carbonyl (C=O) groups is 1. The van der Waals surface area contributed by atoms with Crippen molar-refractivity contribution in [2.45, 2.75) is 38.1 Å². The third kappa shape index (κ3) is 3.98. The summed E-state index contributed by atoms with van der Waals surface area (Å²) in [5.74, 6) is 0.625. The second-order valence-electron chi connectivity index (χ2n) is 8.52. The zero-order valence-electron chi connectivity index (χ0n) is 18.6. The molecule has 170 valence electrons. The Kier molecular flexibility index (Phi) is 5.96. The van der Waals surface area contributed by atoms with E-state index in [0.29, 0.717) is 36.2 Å². The minimum absolute atomic E-state index is 0.194. The van der Waals surface area contributed by atoms with Gasteiger partial charge in [-0.15, -0.1) is 0 Å². The lowest BCUT2D eigenvalue weighted by Gasteiger charge is -2.29. The van der Waals surface area contributed by atoms with Crippen LogP contribution >= 0.6 is 0 Å². The minimum Gasteiger partial charge on any atom is -0.383 e. The molecule has 0 bridgehead atoms. The maximum atomic E-state index is 13.2. The van der Waals surface area contributed by atoms with Gasteiger partial charge in [0.15, 0.2) is 0 Å². The number of hydrogen-bond donors (Lipinski definition) is 2. The van der Waals surface area contributed by atoms with Crippen LogP contribution in [0.5, 0.6) is 0 Å². The van der Waals surface area contributed by atoms with E-state index in [1.807, 2.05) is 24.3 Å². The molecule has 4 rings (SSSR count). The minimum atomic E-state index is -3.64. The van der Waals surface area contributed by atoms with E-state index >= 15 is 0 Å². The van der Waals surface area contributed by atoms with Gasteiger partial charge >= 0.3 is 0 Å². The Morgan fingerprint density at radius 1 is 1.22 bits per heavy atom. The van der Waals surface area contributed by atoms with Crippen LogP contribution < -0.4 is 11.1 Å². The zero-order valence-corrected chi connectivity index (χ0v) is 19.4. The molecule has 0 spiro atoms. The number of piperidine rings is 1. The molecule has 1 fully saturated rings. The van der Waals surface area contributed by atoms with Crippen LogP contribution in [0.25, 0.3) is 10.8 Å². The molecule has 8 nitrogen and oxygen atoms in total. The highest BCUT2D eigenvalue weighted by Gasteiger charge is 2.32. The molecule has 32 heavy (non-hydrogen) atoms. The van der Waals surface area contributed by atoms with Crippen molar-refractivity contribution in [2.24, 2.45) is 13.0 Å². The maximum absolute atomic E-state index is 13.2. The molecule has 1 aromatic carbocycles. The largest absolute Gasteiger partial charge is 0.383 e. The molecule has 0 atom stereocenters. The van der Waals surface area contributed by atoms with Crippen molar-refractivity contribution < 1.29 is 13.2 Å². The van der Waals surface area contributed by atoms with Crippen LogP contribution in [-0.4, -0.2) is 41.3 Å². The molecule has 3 heterocycles. The molecular weight excluding hydrogens is 426 g/mol. The number of nitrogens with two attached hydrogens (primary N) is 1. The number of benzene rings is 1. The SMILES string of the molecule is Cc1c(S(=O)(=O)N2CCC(C)CC2)cc(C(=O)NCc2cnc(N)c3ccccc23)n1C. The summed E-state index contributed by atoms with van der Waals surface area (Å²) in [6.45, 7) is 5.14. The highest BCUT2D eigenvalue weighted by molar-refractivity contribution is 7.89. The molecule has 0 radical (unpaired) electrons. The molecule has 3 aromatic rings. The van der Waals surface area contributed by atoms with Crippen LogP contribution in [0.4, 0.5) is 5.82 Å². The zero-order chi connectivity index (χ0) is 23.0. The number of anilines is 1. The Labute approximate surface area is 188 Å². The summed E-state index contributed by atoms with van der Waals surface area (Å²) < 4.78 is 29.6. The second kappa shape index (κ2) is 8.55. The number of amides is 1. The Morgan fingerprint density at radius 3 is 2.56 bits per heavy atom. The summed E-state index contributed by atoms with van der Waals surface area (Å²) in [7, 11) is -1.93. The van der Waals surface area contributed by atoms with Gasteiger partial charge in [-0.1, -0.05) is 31.2 Å². The van der Waals surface area contributed by atoms with E-state index in [4.69, 9.17) is 5.73 Å². The number of nitrogens with one attached hydrogen (secondary N) is 1. The first kappa shape index (κ1) is 22.3. The van der Waals surface area contributed by atoms with Gasteiger partial charge in [0, 0.05) is 44.0 Å². The number of fused-ring (bicyclic) bond motifs is 1. The van der Waals surface area contributed by atoms with Gasteiger partial charge in [0.2, 0.25) is 10.0 Å². The number of nitrogens with zero attached hydrogens (tertiary/aromatic N) is 3. The number of nitrogen functional groups attached to an aromatic ring is 1. The standard InChI is InChI=1S/C23H29N5O3S/c1-15-8-10-28(11-9-15)32(30,31)21-12-20(27(3)16(21)2)23(29)26-14-17-13-25-22(24)19-7-5-4-6-18(17)19/h4-7,12-13,15H,8-11,14H2,1-3H3,(H2,24,25)(H,26,29). The first-order valence-corrected chi connectivity index (χ1v) is 12.2. The molecule has 0 saturated carbocycles. The van der Waals surface area contributed by atoms with Crippen molar-refractivity contribution in [2.75, 3.05) is 18.8 Å². The van der Waals surface area contributed by atoms with Crippen LogP contribution in [0.3, 0.4) is 0 Å². The van der Waals surface area contributed by atoms with E-state index < -0.39 is 10.0 Å². The smallest absolute Gasteiger partial charge is 0.268 e. The Morgan fingerprint density at radius 2 is 1.88 bits per heavy atom. The molecule has 1 aliphatic heterocycles. The summed E-state index contributed by atoms with van der Waals surface area (Å²) in [5, 5.41) is 4.65. The van der Waals surface area contributed by atoms with Crippen molar-refractivity contribution in [3.05, 3.63) is 53.5 Å². The molecular formula is C23H29N5O3S. The molecule has 1 aliphatic rings. The molecule has 1 amide bonds. The van der Waals surface area contributed by atoms with Crippen LogP contribution in [0, 0.1) is 12.8 Å². The van der Waals surface area contributed by atoms with Crippen molar-refractivity contribution in [1.29, 1.82) is 0 Å². The summed E-state index contributed by atoms with van der Waals surface area (Å²) in [5.41, 5.74) is 7.65. The molecule has 2 aromatic heterocycles. The number of sulfonamides is 1. The van der Waals surface area contributed by atoms with Crippen molar-refractivity contribution in [3.63, 3.8) is 0 Å². The van der Waals surface area contributed by atoms with Gasteiger partial charge < -0.3 is 15.6 Å². The van der Waals surface area contributed by atoms with E-state index in [1.54, 1.807) is 24.7 Å². The van der Waals surface area contributed by atoms with Gasteiger partial charge in [-0.3, -0.25) is 4.79 Å². The fourth-order valence-corrected chi connectivity index (χ4v) is 5.94. The van der Waals surface area contributed by atoms with E-state index in [-0.39, 0.29) is 17.3 Å². The van der Waals surface area contributed by atoms with E-state index in [1.165, 1.54) is 10.4 Å². The van der Waals surface area contributed by atoms with Crippen LogP contribution in [0.1, 0.15) is 41.5 Å². The van der Waals surface area contributed by atoms with Crippen LogP contribution in [0.15, 0.2) is 41.4 Å². The highest BCUT2D eigenvalue weighted by Crippen LogP contribution is 2.27. The normalized spacial score (nSPS) is 15.8. The van der Waals surface area contributed by atoms with Gasteiger partial charge in [-0.25, -0.2) is 13.4 Å². The predicted octanol–water partition coefficient (Wildman–Crippen LogP) is 2.81. The van der Waals surface area contributed by atoms with E-state index in [9.17, 15) is 13.2 Å². The summed E-state index contributed by atoms with van der Waals surface area (Å²) >= 11 is 0. The average molecular weight is 456 g/mol. The quantitative estimate of drug-likeness (QED) is 0.615. The number of rotatable bonds is 5. The monoisotopic (exact) mass is 455 g/mol. The van der Waals surface area contributed by atoms with Gasteiger partial charge in [0.25, 0.3) is 5.91 Å². The van der Waals surface area contributed by atoms with Gasteiger partial charge in [0.05, 0.1) is 0 Å². The van der Waals surface area contributed by atoms with Gasteiger partial charge in [-0.05, 0) is 42.7 Å². The molecule has 0 aliphatic carbocycles. The first-order valence-electron chi connectivity index (χ1n) is 10.8. The fraction of sp³-hybridized carbons (Fsp3) is 0.391. The summed E-state index contributed by atoms with van der Waals surface area (Å²) in [4.78, 5) is 17.4. The third-order valence-corrected chi connectivity index (χ3v) is 8.44. The maximum Gasteiger partial charge on any atom is 0.268 e.